The van der Waals surface area contributed by atoms with Crippen LogP contribution in [0.5, 0.6) is 0 Å². The van der Waals surface area contributed by atoms with E-state index in [0.29, 0.717) is 13.0 Å². The molecule has 0 saturated heterocycles. The number of unbranched alkanes of at least 4 members (excludes halogenated alkanes) is 30. The number of hydrogen-bond acceptors (Lipinski definition) is 3. The van der Waals surface area contributed by atoms with E-state index in [1.807, 2.05) is 0 Å². The molecule has 0 aromatic carbocycles. The molecule has 0 aliphatic heterocycles. The largest absolute Gasteiger partial charge is 0.394 e. The number of nitrogens with one attached hydrogen (secondary N) is 2. The average Bonchev–Trinajstić information content (AvgIpc) is 3.04. The second-order valence-electron chi connectivity index (χ2n) is 14.0. The third kappa shape index (κ3) is 34.1. The zero-order valence-electron chi connectivity index (χ0n) is 30.6. The number of carbonyl (C=O) groups is 2. The first-order valence-electron chi connectivity index (χ1n) is 20.3. The second-order valence-corrected chi connectivity index (χ2v) is 14.0. The van der Waals surface area contributed by atoms with Crippen LogP contribution in [0.1, 0.15) is 226 Å². The van der Waals surface area contributed by atoms with E-state index in [1.165, 1.54) is 180 Å². The molecule has 0 aromatic rings. The minimum Gasteiger partial charge on any atom is -0.394 e. The minimum absolute atomic E-state index is 0.128. The molecule has 0 bridgehead atoms. The van der Waals surface area contributed by atoms with Crippen molar-refractivity contribution in [3.63, 3.8) is 0 Å². The molecule has 0 rings (SSSR count). The average molecular weight is 637 g/mol. The Kier molecular flexibility index (Phi) is 36.4. The van der Waals surface area contributed by atoms with E-state index in [0.717, 1.165) is 25.7 Å². The van der Waals surface area contributed by atoms with E-state index < -0.39 is 6.04 Å². The van der Waals surface area contributed by atoms with Crippen LogP contribution in [-0.2, 0) is 9.59 Å². The molecule has 0 aromatic heterocycles. The lowest BCUT2D eigenvalue weighted by Crippen LogP contribution is -2.49. The van der Waals surface area contributed by atoms with Gasteiger partial charge in [-0.2, -0.15) is 0 Å². The first-order valence-corrected chi connectivity index (χ1v) is 20.3. The highest BCUT2D eigenvalue weighted by atomic mass is 16.3. The monoisotopic (exact) mass is 637 g/mol. The minimum atomic E-state index is -0.834. The van der Waals surface area contributed by atoms with Crippen LogP contribution in [0.3, 0.4) is 0 Å². The van der Waals surface area contributed by atoms with E-state index in [-0.39, 0.29) is 18.4 Å². The normalized spacial score (nSPS) is 12.0. The molecule has 0 saturated carbocycles. The van der Waals surface area contributed by atoms with Crippen LogP contribution < -0.4 is 10.6 Å². The summed E-state index contributed by atoms with van der Waals surface area (Å²) >= 11 is 0. The summed E-state index contributed by atoms with van der Waals surface area (Å²) in [5, 5.41) is 15.2. The van der Waals surface area contributed by atoms with Gasteiger partial charge in [0.1, 0.15) is 6.04 Å². The molecule has 0 fully saturated rings. The Labute approximate surface area is 281 Å². The number of hydrogen-bond donors (Lipinski definition) is 3. The van der Waals surface area contributed by atoms with E-state index in [1.54, 1.807) is 0 Å². The standard InChI is InChI=1S/C40H80N2O3/c1-3-5-7-9-11-13-15-17-19-20-22-24-26-28-30-32-34-36-41-40(45)38(37-43)42-39(44)35-33-31-29-27-25-23-21-18-16-14-12-10-8-6-4-2/h38,43H,3-37H2,1-2H3,(H,41,45)(H,42,44)/t38-/m0/s1. The third-order valence-corrected chi connectivity index (χ3v) is 9.42. The number of amides is 2. The fraction of sp³-hybridized carbons (Fsp3) is 0.950. The number of rotatable bonds is 37. The Morgan fingerprint density at radius 3 is 1.04 bits per heavy atom. The smallest absolute Gasteiger partial charge is 0.244 e. The first kappa shape index (κ1) is 43.9. The summed E-state index contributed by atoms with van der Waals surface area (Å²) in [5.74, 6) is -0.393. The predicted molar refractivity (Wildman–Crippen MR) is 196 cm³/mol. The summed E-state index contributed by atoms with van der Waals surface area (Å²) in [6.45, 7) is 4.82. The molecule has 45 heavy (non-hydrogen) atoms. The van der Waals surface area contributed by atoms with Gasteiger partial charge in [0, 0.05) is 13.0 Å². The fourth-order valence-electron chi connectivity index (χ4n) is 6.30. The predicted octanol–water partition coefficient (Wildman–Crippen LogP) is 11.5. The molecule has 0 spiro atoms. The molecule has 0 unspecified atom stereocenters. The van der Waals surface area contributed by atoms with Gasteiger partial charge in [-0.05, 0) is 12.8 Å². The Balaban J connectivity index is 3.49. The Morgan fingerprint density at radius 2 is 0.733 bits per heavy atom. The highest BCUT2D eigenvalue weighted by Gasteiger charge is 2.19. The Hall–Kier alpha value is -1.10. The van der Waals surface area contributed by atoms with Crippen molar-refractivity contribution in [1.82, 2.24) is 10.6 Å². The van der Waals surface area contributed by atoms with Gasteiger partial charge in [0.15, 0.2) is 0 Å². The van der Waals surface area contributed by atoms with Gasteiger partial charge in [-0.15, -0.1) is 0 Å². The SMILES string of the molecule is CCCCCCCCCCCCCCCCCCCNC(=O)[C@H](CO)NC(=O)CCCCCCCCCCCCCCCCC. The van der Waals surface area contributed by atoms with Crippen molar-refractivity contribution < 1.29 is 14.7 Å². The summed E-state index contributed by atoms with van der Waals surface area (Å²) in [6, 6.07) is -0.834. The lowest BCUT2D eigenvalue weighted by atomic mass is 10.0. The van der Waals surface area contributed by atoms with Crippen LogP contribution in [0.4, 0.5) is 0 Å². The molecular weight excluding hydrogens is 556 g/mol. The van der Waals surface area contributed by atoms with Gasteiger partial charge in [0.25, 0.3) is 0 Å². The zero-order valence-corrected chi connectivity index (χ0v) is 30.6. The first-order chi connectivity index (χ1) is 22.2. The Morgan fingerprint density at radius 1 is 0.444 bits per heavy atom. The third-order valence-electron chi connectivity index (χ3n) is 9.42. The second kappa shape index (κ2) is 37.4. The van der Waals surface area contributed by atoms with Gasteiger partial charge in [-0.1, -0.05) is 206 Å². The van der Waals surface area contributed by atoms with E-state index in [2.05, 4.69) is 24.5 Å². The van der Waals surface area contributed by atoms with Crippen LogP contribution >= 0.6 is 0 Å². The summed E-state index contributed by atoms with van der Waals surface area (Å²) in [6.07, 6.45) is 42.6. The molecule has 0 radical (unpaired) electrons. The maximum Gasteiger partial charge on any atom is 0.244 e. The Bertz CT molecular complexity index is 612. The van der Waals surface area contributed by atoms with Crippen molar-refractivity contribution in [2.24, 2.45) is 0 Å². The van der Waals surface area contributed by atoms with Gasteiger partial charge >= 0.3 is 0 Å². The number of aliphatic hydroxyl groups excluding tert-OH is 1. The summed E-state index contributed by atoms with van der Waals surface area (Å²) < 4.78 is 0. The molecular formula is C40H80N2O3. The highest BCUT2D eigenvalue weighted by molar-refractivity contribution is 5.87. The molecule has 1 atom stereocenters. The van der Waals surface area contributed by atoms with Crippen molar-refractivity contribution in [2.45, 2.75) is 232 Å². The fourth-order valence-corrected chi connectivity index (χ4v) is 6.30. The van der Waals surface area contributed by atoms with Gasteiger partial charge in [-0.3, -0.25) is 9.59 Å². The van der Waals surface area contributed by atoms with E-state index in [9.17, 15) is 14.7 Å². The molecule has 0 aliphatic rings. The molecule has 5 heteroatoms. The van der Waals surface area contributed by atoms with Crippen LogP contribution in [0.25, 0.3) is 0 Å². The van der Waals surface area contributed by atoms with Gasteiger partial charge in [0.05, 0.1) is 6.61 Å². The zero-order chi connectivity index (χ0) is 32.9. The van der Waals surface area contributed by atoms with Crippen LogP contribution in [0, 0.1) is 0 Å². The highest BCUT2D eigenvalue weighted by Crippen LogP contribution is 2.15. The van der Waals surface area contributed by atoms with Crippen molar-refractivity contribution in [1.29, 1.82) is 0 Å². The topological polar surface area (TPSA) is 78.4 Å². The number of carbonyl (C=O) groups excluding carboxylic acids is 2. The molecule has 0 heterocycles. The molecule has 268 valence electrons. The molecule has 5 nitrogen and oxygen atoms in total. The molecule has 2 amide bonds. The molecule has 3 N–H and O–H groups in total. The molecule has 0 aliphatic carbocycles. The summed E-state index contributed by atoms with van der Waals surface area (Å²) in [5.41, 5.74) is 0. The lowest BCUT2D eigenvalue weighted by molar-refractivity contribution is -0.130. The van der Waals surface area contributed by atoms with Crippen LogP contribution in [0.2, 0.25) is 0 Å². The van der Waals surface area contributed by atoms with Gasteiger partial charge < -0.3 is 15.7 Å². The van der Waals surface area contributed by atoms with Crippen molar-refractivity contribution in [3.05, 3.63) is 0 Å². The van der Waals surface area contributed by atoms with Crippen molar-refractivity contribution in [2.75, 3.05) is 13.2 Å². The quantitative estimate of drug-likeness (QED) is 0.0594. The van der Waals surface area contributed by atoms with Crippen LogP contribution in [0.15, 0.2) is 0 Å². The van der Waals surface area contributed by atoms with E-state index >= 15 is 0 Å². The maximum atomic E-state index is 12.4. The van der Waals surface area contributed by atoms with Crippen molar-refractivity contribution in [3.8, 4) is 0 Å². The summed E-state index contributed by atoms with van der Waals surface area (Å²) in [7, 11) is 0. The van der Waals surface area contributed by atoms with Gasteiger partial charge in [0.2, 0.25) is 11.8 Å². The van der Waals surface area contributed by atoms with Crippen LogP contribution in [-0.4, -0.2) is 36.1 Å². The van der Waals surface area contributed by atoms with Crippen molar-refractivity contribution >= 4 is 11.8 Å². The summed E-state index contributed by atoms with van der Waals surface area (Å²) in [4.78, 5) is 24.7. The van der Waals surface area contributed by atoms with Gasteiger partial charge in [-0.25, -0.2) is 0 Å². The van der Waals surface area contributed by atoms with E-state index in [4.69, 9.17) is 0 Å². The lowest BCUT2D eigenvalue weighted by Gasteiger charge is -2.16. The maximum absolute atomic E-state index is 12.4. The number of aliphatic hydroxyl groups is 1.